The van der Waals surface area contributed by atoms with Gasteiger partial charge in [-0.15, -0.1) is 0 Å². The Morgan fingerprint density at radius 3 is 2.62 bits per heavy atom. The zero-order valence-corrected chi connectivity index (χ0v) is 16.7. The van der Waals surface area contributed by atoms with E-state index in [0.29, 0.717) is 25.1 Å². The highest BCUT2D eigenvalue weighted by Gasteiger charge is 2.45. The molecule has 2 heterocycles. The normalized spacial score (nSPS) is 19.0. The molecule has 1 amide bonds. The van der Waals surface area contributed by atoms with Gasteiger partial charge in [0.2, 0.25) is 0 Å². The minimum atomic E-state index is -0.896. The molecule has 0 spiro atoms. The summed E-state index contributed by atoms with van der Waals surface area (Å²) in [5, 5.41) is 4.26. The lowest BCUT2D eigenvalue weighted by Crippen LogP contribution is -2.53. The van der Waals surface area contributed by atoms with Crippen molar-refractivity contribution in [2.75, 3.05) is 33.4 Å². The summed E-state index contributed by atoms with van der Waals surface area (Å²) >= 11 is 0. The van der Waals surface area contributed by atoms with Crippen LogP contribution >= 0.6 is 0 Å². The first kappa shape index (κ1) is 20.7. The number of hydrogen-bond acceptors (Lipinski definition) is 6. The fourth-order valence-corrected chi connectivity index (χ4v) is 3.65. The summed E-state index contributed by atoms with van der Waals surface area (Å²) in [6.07, 6.45) is 1.23. The Kier molecular flexibility index (Phi) is 6.43. The van der Waals surface area contributed by atoms with Crippen LogP contribution in [0.25, 0.3) is 5.69 Å². The highest BCUT2D eigenvalue weighted by atomic mass is 16.5. The molecule has 1 aromatic carbocycles. The van der Waals surface area contributed by atoms with Crippen molar-refractivity contribution in [1.82, 2.24) is 14.7 Å². The third-order valence-electron chi connectivity index (χ3n) is 5.01. The number of ether oxygens (including phenoxy) is 2. The van der Waals surface area contributed by atoms with E-state index in [1.165, 1.54) is 23.9 Å². The number of amides is 1. The lowest BCUT2D eigenvalue weighted by molar-refractivity contribution is -0.162. The standard InChI is InChI=1S/C21H25N3O5/c1-3-29-20(27)21(15-28-2)12-7-13-23(14-21)19(26)17-10-11-18(25)24(22-17)16-8-5-4-6-9-16/h4-6,8-11H,3,7,12-15H2,1-2H3/t21-/m0/s1. The molecule has 0 radical (unpaired) electrons. The lowest BCUT2D eigenvalue weighted by atomic mass is 9.80. The first-order valence-corrected chi connectivity index (χ1v) is 9.62. The number of aromatic nitrogens is 2. The molecule has 8 nitrogen and oxygen atoms in total. The van der Waals surface area contributed by atoms with Crippen molar-refractivity contribution < 1.29 is 19.1 Å². The van der Waals surface area contributed by atoms with Gasteiger partial charge in [-0.1, -0.05) is 18.2 Å². The van der Waals surface area contributed by atoms with Gasteiger partial charge in [0.25, 0.3) is 11.5 Å². The van der Waals surface area contributed by atoms with Gasteiger partial charge >= 0.3 is 5.97 Å². The molecule has 8 heteroatoms. The number of carbonyl (C=O) groups excluding carboxylic acids is 2. The number of carbonyl (C=O) groups is 2. The molecule has 1 fully saturated rings. The number of para-hydroxylation sites is 1. The number of piperidine rings is 1. The Morgan fingerprint density at radius 2 is 1.93 bits per heavy atom. The SMILES string of the molecule is CCOC(=O)[C@@]1(COC)CCCN(C(=O)c2ccc(=O)n(-c3ccccc3)n2)C1. The number of rotatable bonds is 6. The van der Waals surface area contributed by atoms with Crippen LogP contribution < -0.4 is 5.56 Å². The van der Waals surface area contributed by atoms with Crippen molar-refractivity contribution in [1.29, 1.82) is 0 Å². The smallest absolute Gasteiger partial charge is 0.316 e. The fourth-order valence-electron chi connectivity index (χ4n) is 3.65. The number of hydrogen-bond donors (Lipinski definition) is 0. The third-order valence-corrected chi connectivity index (χ3v) is 5.01. The van der Waals surface area contributed by atoms with Crippen LogP contribution in [0.15, 0.2) is 47.3 Å². The molecular weight excluding hydrogens is 374 g/mol. The van der Waals surface area contributed by atoms with E-state index in [9.17, 15) is 14.4 Å². The topological polar surface area (TPSA) is 90.7 Å². The number of nitrogens with zero attached hydrogens (tertiary/aromatic N) is 3. The van der Waals surface area contributed by atoms with Crippen molar-refractivity contribution in [3.05, 3.63) is 58.5 Å². The summed E-state index contributed by atoms with van der Waals surface area (Å²) < 4.78 is 11.7. The number of esters is 1. The summed E-state index contributed by atoms with van der Waals surface area (Å²) in [7, 11) is 1.53. The molecule has 1 atom stereocenters. The molecule has 1 aromatic heterocycles. The average Bonchev–Trinajstić information content (AvgIpc) is 2.75. The Balaban J connectivity index is 1.88. The quantitative estimate of drug-likeness (QED) is 0.687. The zero-order chi connectivity index (χ0) is 20.9. The van der Waals surface area contributed by atoms with Crippen molar-refractivity contribution >= 4 is 11.9 Å². The molecular formula is C21H25N3O5. The van der Waals surface area contributed by atoms with Crippen LogP contribution in [-0.2, 0) is 14.3 Å². The van der Waals surface area contributed by atoms with E-state index >= 15 is 0 Å². The monoisotopic (exact) mass is 399 g/mol. The molecule has 1 saturated heterocycles. The van der Waals surface area contributed by atoms with Crippen molar-refractivity contribution in [3.63, 3.8) is 0 Å². The van der Waals surface area contributed by atoms with Gasteiger partial charge < -0.3 is 14.4 Å². The Labute approximate surface area is 169 Å². The van der Waals surface area contributed by atoms with Gasteiger partial charge in [0.05, 0.1) is 18.9 Å². The van der Waals surface area contributed by atoms with Gasteiger partial charge in [0.1, 0.15) is 11.1 Å². The summed E-state index contributed by atoms with van der Waals surface area (Å²) in [4.78, 5) is 39.5. The molecule has 0 saturated carbocycles. The molecule has 3 rings (SSSR count). The second-order valence-corrected chi connectivity index (χ2v) is 7.07. The fraction of sp³-hybridized carbons (Fsp3) is 0.429. The minimum Gasteiger partial charge on any atom is -0.465 e. The molecule has 154 valence electrons. The second-order valence-electron chi connectivity index (χ2n) is 7.07. The Bertz CT molecular complexity index is 923. The highest BCUT2D eigenvalue weighted by molar-refractivity contribution is 5.93. The summed E-state index contributed by atoms with van der Waals surface area (Å²) in [5.41, 5.74) is -0.504. The lowest BCUT2D eigenvalue weighted by Gasteiger charge is -2.40. The van der Waals surface area contributed by atoms with Crippen molar-refractivity contribution in [3.8, 4) is 5.69 Å². The molecule has 0 aliphatic carbocycles. The van der Waals surface area contributed by atoms with Gasteiger partial charge in [0.15, 0.2) is 0 Å². The maximum absolute atomic E-state index is 13.1. The van der Waals surface area contributed by atoms with Crippen LogP contribution in [-0.4, -0.2) is 60.0 Å². The largest absolute Gasteiger partial charge is 0.465 e. The Hall–Kier alpha value is -3.00. The average molecular weight is 399 g/mol. The van der Waals surface area contributed by atoms with Crippen LogP contribution in [0.5, 0.6) is 0 Å². The molecule has 0 N–H and O–H groups in total. The maximum atomic E-state index is 13.1. The van der Waals surface area contributed by atoms with E-state index in [1.54, 1.807) is 36.1 Å². The van der Waals surface area contributed by atoms with Gasteiger partial charge in [-0.3, -0.25) is 14.4 Å². The van der Waals surface area contributed by atoms with Gasteiger partial charge in [0, 0.05) is 26.3 Å². The van der Waals surface area contributed by atoms with Gasteiger partial charge in [-0.2, -0.15) is 9.78 Å². The second kappa shape index (κ2) is 9.00. The van der Waals surface area contributed by atoms with E-state index in [1.807, 2.05) is 6.07 Å². The van der Waals surface area contributed by atoms with Crippen LogP contribution in [0, 0.1) is 5.41 Å². The van der Waals surface area contributed by atoms with E-state index in [4.69, 9.17) is 9.47 Å². The minimum absolute atomic E-state index is 0.144. The molecule has 1 aliphatic rings. The van der Waals surface area contributed by atoms with Crippen LogP contribution in [0.1, 0.15) is 30.3 Å². The van der Waals surface area contributed by atoms with Crippen LogP contribution in [0.4, 0.5) is 0 Å². The molecule has 2 aromatic rings. The predicted octanol–water partition coefficient (Wildman–Crippen LogP) is 1.66. The van der Waals surface area contributed by atoms with Crippen molar-refractivity contribution in [2.24, 2.45) is 5.41 Å². The van der Waals surface area contributed by atoms with Gasteiger partial charge in [-0.05, 0) is 38.0 Å². The zero-order valence-electron chi connectivity index (χ0n) is 16.7. The Morgan fingerprint density at radius 1 is 1.17 bits per heavy atom. The number of likely N-dealkylation sites (tertiary alicyclic amines) is 1. The van der Waals surface area contributed by atoms with Crippen LogP contribution in [0.2, 0.25) is 0 Å². The number of methoxy groups -OCH3 is 1. The molecule has 0 bridgehead atoms. The third kappa shape index (κ3) is 4.37. The van der Waals surface area contributed by atoms with E-state index in [0.717, 1.165) is 0 Å². The summed E-state index contributed by atoms with van der Waals surface area (Å²) in [5.74, 6) is -0.694. The van der Waals surface area contributed by atoms with E-state index in [-0.39, 0.29) is 42.9 Å². The summed E-state index contributed by atoms with van der Waals surface area (Å²) in [6, 6.07) is 11.7. The predicted molar refractivity (Wildman–Crippen MR) is 106 cm³/mol. The molecule has 0 unspecified atom stereocenters. The van der Waals surface area contributed by atoms with Gasteiger partial charge in [-0.25, -0.2) is 0 Å². The summed E-state index contributed by atoms with van der Waals surface area (Å²) in [6.45, 7) is 2.87. The first-order chi connectivity index (χ1) is 14.0. The first-order valence-electron chi connectivity index (χ1n) is 9.62. The molecule has 29 heavy (non-hydrogen) atoms. The number of benzene rings is 1. The van der Waals surface area contributed by atoms with E-state index < -0.39 is 5.41 Å². The maximum Gasteiger partial charge on any atom is 0.316 e. The van der Waals surface area contributed by atoms with Crippen LogP contribution in [0.3, 0.4) is 0 Å². The molecule has 1 aliphatic heterocycles. The highest BCUT2D eigenvalue weighted by Crippen LogP contribution is 2.32. The van der Waals surface area contributed by atoms with E-state index in [2.05, 4.69) is 5.10 Å². The van der Waals surface area contributed by atoms with Crippen molar-refractivity contribution in [2.45, 2.75) is 19.8 Å².